The van der Waals surface area contributed by atoms with E-state index in [9.17, 15) is 0 Å². The number of hydrogen-bond donors (Lipinski definition) is 2. The van der Waals surface area contributed by atoms with Gasteiger partial charge in [0.05, 0.1) is 0 Å². The molecule has 0 aliphatic rings. The van der Waals surface area contributed by atoms with Crippen molar-refractivity contribution in [3.05, 3.63) is 13.5 Å². The number of nitrogens with one attached hydrogen (secondary N) is 2. The fourth-order valence-electron chi connectivity index (χ4n) is 0.204. The van der Waals surface area contributed by atoms with Crippen LogP contribution < -0.4 is 10.6 Å². The molecule has 0 aromatic rings. The third-order valence-corrected chi connectivity index (χ3v) is 0.762. The molecule has 0 atom stereocenters. The van der Waals surface area contributed by atoms with Gasteiger partial charge in [-0.15, -0.1) is 0 Å². The van der Waals surface area contributed by atoms with E-state index in [0.717, 1.165) is 13.1 Å². The largest absolute Gasteiger partial charge is 2.00 e. The van der Waals surface area contributed by atoms with Crippen LogP contribution in [0, 0.1) is 13.5 Å². The molecular weight excluding hydrogens is 211 g/mol. The molecule has 1 radical (unpaired) electrons. The van der Waals surface area contributed by atoms with Crippen LogP contribution in [0.3, 0.4) is 0 Å². The van der Waals surface area contributed by atoms with Gasteiger partial charge in [-0.2, -0.15) is 13.8 Å². The zero-order valence-corrected chi connectivity index (χ0v) is 12.5. The Kier molecular flexibility index (Phi) is 146. The monoisotopic (exact) mass is 241 g/mol. The van der Waals surface area contributed by atoms with Gasteiger partial charge in [0.25, 0.3) is 0 Å². The van der Waals surface area contributed by atoms with Crippen LogP contribution in [-0.4, -0.2) is 20.1 Å². The summed E-state index contributed by atoms with van der Waals surface area (Å²) in [7, 11) is 1.93. The normalized spacial score (nSPS) is 6.00. The molecule has 2 N–H and O–H groups in total. The van der Waals surface area contributed by atoms with Crippen LogP contribution in [0.1, 0.15) is 41.5 Å². The maximum atomic E-state index is 3.25. The van der Waals surface area contributed by atoms with Crippen molar-refractivity contribution in [1.29, 1.82) is 0 Å². The molecule has 0 heterocycles. The molecule has 0 amide bonds. The molecular formula is C11H30N2V. The zero-order chi connectivity index (χ0) is 11.5. The van der Waals surface area contributed by atoms with E-state index in [0.29, 0.717) is 0 Å². The molecule has 14 heavy (non-hydrogen) atoms. The molecule has 0 aliphatic heterocycles. The van der Waals surface area contributed by atoms with Crippen LogP contribution >= 0.6 is 0 Å². The van der Waals surface area contributed by atoms with Gasteiger partial charge in [-0.3, -0.25) is 6.54 Å². The van der Waals surface area contributed by atoms with Gasteiger partial charge in [0.15, 0.2) is 0 Å². The van der Waals surface area contributed by atoms with Crippen molar-refractivity contribution in [1.82, 2.24) is 10.6 Å². The average molecular weight is 241 g/mol. The molecule has 2 nitrogen and oxygen atoms in total. The summed E-state index contributed by atoms with van der Waals surface area (Å²) in [6.45, 7) is 19.2. The minimum absolute atomic E-state index is 0. The average Bonchev–Trinajstić information content (AvgIpc) is 2.25. The second-order valence-corrected chi connectivity index (χ2v) is 1.55. The van der Waals surface area contributed by atoms with Crippen molar-refractivity contribution < 1.29 is 18.6 Å². The van der Waals surface area contributed by atoms with Crippen molar-refractivity contribution in [3.8, 4) is 0 Å². The van der Waals surface area contributed by atoms with E-state index in [2.05, 4.69) is 31.4 Å². The first-order valence-electron chi connectivity index (χ1n) is 5.19. The minimum atomic E-state index is 0. The molecule has 0 fully saturated rings. The smallest absolute Gasteiger partial charge is 0.470 e. The Bertz CT molecular complexity index is 32.5. The van der Waals surface area contributed by atoms with E-state index < -0.39 is 0 Å². The van der Waals surface area contributed by atoms with E-state index in [1.54, 1.807) is 6.92 Å². The second kappa shape index (κ2) is 69.7. The fraction of sp³-hybridized carbons (Fsp3) is 0.818. The van der Waals surface area contributed by atoms with E-state index >= 15 is 0 Å². The molecule has 0 saturated heterocycles. The van der Waals surface area contributed by atoms with E-state index in [1.165, 1.54) is 0 Å². The number of rotatable bonds is 3. The van der Waals surface area contributed by atoms with Crippen molar-refractivity contribution in [2.75, 3.05) is 20.1 Å². The van der Waals surface area contributed by atoms with Crippen LogP contribution in [0.4, 0.5) is 0 Å². The summed E-state index contributed by atoms with van der Waals surface area (Å²) < 4.78 is 0. The van der Waals surface area contributed by atoms with E-state index in [-0.39, 0.29) is 18.6 Å². The quantitative estimate of drug-likeness (QED) is 0.742. The topological polar surface area (TPSA) is 24.1 Å². The van der Waals surface area contributed by atoms with Gasteiger partial charge < -0.3 is 17.6 Å². The molecule has 0 spiro atoms. The Morgan fingerprint density at radius 3 is 1.36 bits per heavy atom. The summed E-state index contributed by atoms with van der Waals surface area (Å²) in [4.78, 5) is 0. The van der Waals surface area contributed by atoms with Crippen LogP contribution in [0.5, 0.6) is 0 Å². The molecule has 0 unspecified atom stereocenters. The van der Waals surface area contributed by atoms with Gasteiger partial charge in [-0.05, 0) is 20.1 Å². The standard InChI is InChI=1S/C4H10N.C3H9N.C2H6.C2H5.V/c1-3-5-4-2;1-3-4-2;2*1-2;/h3,5H,4H2,1-2H3;4H,3H2,1-2H3;1-2H3;1H2,2H3;/q-1;;;-1;+2. The van der Waals surface area contributed by atoms with Gasteiger partial charge in [0, 0.05) is 0 Å². The molecule has 0 aromatic heterocycles. The Morgan fingerprint density at radius 2 is 1.36 bits per heavy atom. The summed E-state index contributed by atoms with van der Waals surface area (Å²) in [6, 6.07) is 0. The van der Waals surface area contributed by atoms with Gasteiger partial charge in [-0.25, -0.2) is 0 Å². The maximum Gasteiger partial charge on any atom is 2.00 e. The van der Waals surface area contributed by atoms with E-state index in [1.807, 2.05) is 34.4 Å². The summed E-state index contributed by atoms with van der Waals surface area (Å²) in [5.74, 6) is 0. The van der Waals surface area contributed by atoms with E-state index in [4.69, 9.17) is 0 Å². The predicted octanol–water partition coefficient (Wildman–Crippen LogP) is 2.87. The SMILES string of the molecule is CC.CCNC.C[CH-]NCC.[CH2-]C.[V+2]. The second-order valence-electron chi connectivity index (χ2n) is 1.55. The predicted molar refractivity (Wildman–Crippen MR) is 65.6 cm³/mol. The number of hydrogen-bond acceptors (Lipinski definition) is 2. The first kappa shape index (κ1) is 29.3. The third kappa shape index (κ3) is 135. The van der Waals surface area contributed by atoms with Crippen molar-refractivity contribution in [2.45, 2.75) is 41.5 Å². The van der Waals surface area contributed by atoms with Crippen LogP contribution in [0.15, 0.2) is 0 Å². The summed E-state index contributed by atoms with van der Waals surface area (Å²) in [5.41, 5.74) is 0. The molecule has 0 saturated carbocycles. The Labute approximate surface area is 105 Å². The first-order valence-corrected chi connectivity index (χ1v) is 5.19. The van der Waals surface area contributed by atoms with Crippen molar-refractivity contribution >= 4 is 0 Å². The van der Waals surface area contributed by atoms with Crippen LogP contribution in [0.25, 0.3) is 0 Å². The molecule has 0 bridgehead atoms. The van der Waals surface area contributed by atoms with Crippen LogP contribution in [0.2, 0.25) is 0 Å². The van der Waals surface area contributed by atoms with Gasteiger partial charge >= 0.3 is 18.6 Å². The molecule has 0 aliphatic carbocycles. The maximum absolute atomic E-state index is 3.25. The van der Waals surface area contributed by atoms with Crippen molar-refractivity contribution in [3.63, 3.8) is 0 Å². The first-order chi connectivity index (χ1) is 6.33. The zero-order valence-electron chi connectivity index (χ0n) is 11.1. The Balaban J connectivity index is -0.0000000273. The Morgan fingerprint density at radius 1 is 1.07 bits per heavy atom. The van der Waals surface area contributed by atoms with Crippen molar-refractivity contribution in [2.24, 2.45) is 0 Å². The minimum Gasteiger partial charge on any atom is -0.470 e. The third-order valence-electron chi connectivity index (χ3n) is 0.762. The van der Waals surface area contributed by atoms with Gasteiger partial charge in [0.1, 0.15) is 0 Å². The summed E-state index contributed by atoms with van der Waals surface area (Å²) >= 11 is 0. The molecule has 89 valence electrons. The van der Waals surface area contributed by atoms with Gasteiger partial charge in [-0.1, -0.05) is 27.7 Å². The molecule has 0 aromatic carbocycles. The Hall–Kier alpha value is 0.504. The summed E-state index contributed by atoms with van der Waals surface area (Å²) in [5, 5.41) is 5.92. The fourth-order valence-corrected chi connectivity index (χ4v) is 0.204. The van der Waals surface area contributed by atoms with Gasteiger partial charge in [0.2, 0.25) is 0 Å². The summed E-state index contributed by atoms with van der Waals surface area (Å²) in [6.07, 6.45) is 0. The molecule has 3 heteroatoms. The molecule has 0 rings (SSSR count). The van der Waals surface area contributed by atoms with Crippen LogP contribution in [-0.2, 0) is 18.6 Å².